The molecule has 0 amide bonds. The Bertz CT molecular complexity index is 642. The van der Waals surface area contributed by atoms with Gasteiger partial charge in [-0.1, -0.05) is 73.5 Å². The van der Waals surface area contributed by atoms with Gasteiger partial charge in [-0.15, -0.1) is 0 Å². The van der Waals surface area contributed by atoms with Crippen molar-refractivity contribution in [3.8, 4) is 0 Å². The molecule has 0 bridgehead atoms. The lowest BCUT2D eigenvalue weighted by atomic mass is 9.78. The number of nitrogens with two attached hydrogens (primary N) is 1. The van der Waals surface area contributed by atoms with E-state index in [0.717, 1.165) is 24.8 Å². The molecule has 2 nitrogen and oxygen atoms in total. The molecule has 1 saturated carbocycles. The summed E-state index contributed by atoms with van der Waals surface area (Å²) >= 11 is 0. The normalized spacial score (nSPS) is 24.5. The van der Waals surface area contributed by atoms with E-state index in [0.29, 0.717) is 5.92 Å². The monoisotopic (exact) mass is 362 g/mol. The highest BCUT2D eigenvalue weighted by Gasteiger charge is 2.35. The largest absolute Gasteiger partial charge is 0.316 e. The Balaban J connectivity index is 1.46. The van der Waals surface area contributed by atoms with Crippen LogP contribution in [-0.4, -0.2) is 23.7 Å². The van der Waals surface area contributed by atoms with Crippen molar-refractivity contribution in [1.82, 2.24) is 4.90 Å². The van der Waals surface area contributed by atoms with Crippen molar-refractivity contribution in [2.75, 3.05) is 6.54 Å². The second-order valence-electron chi connectivity index (χ2n) is 8.51. The first-order chi connectivity index (χ1) is 13.3. The highest BCUT2D eigenvalue weighted by Crippen LogP contribution is 2.37. The fourth-order valence-corrected chi connectivity index (χ4v) is 5.47. The molecule has 2 aromatic rings. The van der Waals surface area contributed by atoms with Gasteiger partial charge in [-0.25, -0.2) is 0 Å². The molecule has 1 aliphatic heterocycles. The number of rotatable bonds is 6. The van der Waals surface area contributed by atoms with Gasteiger partial charge in [0.15, 0.2) is 0 Å². The van der Waals surface area contributed by atoms with E-state index < -0.39 is 0 Å². The standard InChI is InChI=1S/C25H34N2/c26-25(27-19-9-15-22-14-7-8-16-24(22)27)18-17-23(20-10-3-1-4-11-20)21-12-5-2-6-13-21/h1-6,10-13,22-25H,7-9,14-19,26H2. The predicted molar refractivity (Wildman–Crippen MR) is 114 cm³/mol. The maximum atomic E-state index is 6.79. The molecule has 1 heterocycles. The highest BCUT2D eigenvalue weighted by atomic mass is 15.3. The molecule has 2 fully saturated rings. The Morgan fingerprint density at radius 3 is 2.04 bits per heavy atom. The number of likely N-dealkylation sites (tertiary alicyclic amines) is 1. The lowest BCUT2D eigenvalue weighted by Crippen LogP contribution is -2.54. The minimum Gasteiger partial charge on any atom is -0.316 e. The van der Waals surface area contributed by atoms with E-state index in [2.05, 4.69) is 65.6 Å². The van der Waals surface area contributed by atoms with Gasteiger partial charge >= 0.3 is 0 Å². The third-order valence-corrected chi connectivity index (χ3v) is 6.87. The molecule has 3 unspecified atom stereocenters. The number of nitrogens with zero attached hydrogens (tertiary/aromatic N) is 1. The van der Waals surface area contributed by atoms with Gasteiger partial charge in [-0.2, -0.15) is 0 Å². The van der Waals surface area contributed by atoms with Crippen LogP contribution >= 0.6 is 0 Å². The topological polar surface area (TPSA) is 29.3 Å². The summed E-state index contributed by atoms with van der Waals surface area (Å²) in [6.07, 6.45) is 10.7. The number of benzene rings is 2. The minimum atomic E-state index is 0.200. The second kappa shape index (κ2) is 9.03. The molecule has 2 aliphatic rings. The maximum Gasteiger partial charge on any atom is 0.0574 e. The zero-order valence-corrected chi connectivity index (χ0v) is 16.5. The third kappa shape index (κ3) is 4.44. The van der Waals surface area contributed by atoms with Gasteiger partial charge in [0.2, 0.25) is 0 Å². The summed E-state index contributed by atoms with van der Waals surface area (Å²) in [6.45, 7) is 1.20. The second-order valence-corrected chi connectivity index (χ2v) is 8.51. The molecule has 27 heavy (non-hydrogen) atoms. The molecule has 2 aromatic carbocycles. The predicted octanol–water partition coefficient (Wildman–Crippen LogP) is 5.54. The van der Waals surface area contributed by atoms with E-state index in [9.17, 15) is 0 Å². The Labute approximate surface area is 164 Å². The zero-order valence-electron chi connectivity index (χ0n) is 16.5. The first-order valence-electron chi connectivity index (χ1n) is 10.9. The summed E-state index contributed by atoms with van der Waals surface area (Å²) < 4.78 is 0. The van der Waals surface area contributed by atoms with Crippen LogP contribution in [0.2, 0.25) is 0 Å². The van der Waals surface area contributed by atoms with E-state index in [4.69, 9.17) is 5.73 Å². The van der Waals surface area contributed by atoms with Crippen molar-refractivity contribution in [2.45, 2.75) is 69.5 Å². The maximum absolute atomic E-state index is 6.79. The lowest BCUT2D eigenvalue weighted by molar-refractivity contribution is 0.0238. The SMILES string of the molecule is NC(CCC(c1ccccc1)c1ccccc1)N1CCCC2CCCCC21. The summed E-state index contributed by atoms with van der Waals surface area (Å²) in [4.78, 5) is 2.67. The Morgan fingerprint density at radius 1 is 0.778 bits per heavy atom. The van der Waals surface area contributed by atoms with Gasteiger partial charge in [0.1, 0.15) is 0 Å². The zero-order chi connectivity index (χ0) is 18.5. The average molecular weight is 363 g/mol. The van der Waals surface area contributed by atoms with Crippen molar-refractivity contribution in [3.63, 3.8) is 0 Å². The number of hydrogen-bond donors (Lipinski definition) is 1. The van der Waals surface area contributed by atoms with Crippen LogP contribution in [0.15, 0.2) is 60.7 Å². The summed E-state index contributed by atoms with van der Waals surface area (Å²) in [5, 5.41) is 0. The first-order valence-corrected chi connectivity index (χ1v) is 10.9. The molecule has 1 saturated heterocycles. The van der Waals surface area contributed by atoms with E-state index in [1.807, 2.05) is 0 Å². The smallest absolute Gasteiger partial charge is 0.0574 e. The number of fused-ring (bicyclic) bond motifs is 1. The van der Waals surface area contributed by atoms with Crippen LogP contribution in [0.4, 0.5) is 0 Å². The molecule has 2 N–H and O–H groups in total. The van der Waals surface area contributed by atoms with E-state index in [-0.39, 0.29) is 6.17 Å². The van der Waals surface area contributed by atoms with Crippen molar-refractivity contribution >= 4 is 0 Å². The molecular weight excluding hydrogens is 328 g/mol. The van der Waals surface area contributed by atoms with Gasteiger partial charge in [-0.3, -0.25) is 4.90 Å². The summed E-state index contributed by atoms with van der Waals surface area (Å²) in [7, 11) is 0. The summed E-state index contributed by atoms with van der Waals surface area (Å²) in [5.41, 5.74) is 9.60. The fraction of sp³-hybridized carbons (Fsp3) is 0.520. The van der Waals surface area contributed by atoms with Crippen molar-refractivity contribution in [1.29, 1.82) is 0 Å². The minimum absolute atomic E-state index is 0.200. The van der Waals surface area contributed by atoms with E-state index in [1.54, 1.807) is 0 Å². The van der Waals surface area contributed by atoms with Crippen LogP contribution in [0, 0.1) is 5.92 Å². The molecule has 2 heteroatoms. The van der Waals surface area contributed by atoms with Gasteiger partial charge in [0.25, 0.3) is 0 Å². The Kier molecular flexibility index (Phi) is 6.26. The van der Waals surface area contributed by atoms with Gasteiger partial charge in [0.05, 0.1) is 6.17 Å². The quantitative estimate of drug-likeness (QED) is 0.731. The Morgan fingerprint density at radius 2 is 1.37 bits per heavy atom. The van der Waals surface area contributed by atoms with Crippen LogP contribution in [0.3, 0.4) is 0 Å². The van der Waals surface area contributed by atoms with Crippen molar-refractivity contribution in [3.05, 3.63) is 71.8 Å². The van der Waals surface area contributed by atoms with Gasteiger partial charge in [0, 0.05) is 12.0 Å². The molecule has 0 aromatic heterocycles. The highest BCUT2D eigenvalue weighted by molar-refractivity contribution is 5.32. The fourth-order valence-electron chi connectivity index (χ4n) is 5.47. The third-order valence-electron chi connectivity index (χ3n) is 6.87. The molecule has 0 radical (unpaired) electrons. The van der Waals surface area contributed by atoms with Crippen molar-refractivity contribution in [2.24, 2.45) is 11.7 Å². The van der Waals surface area contributed by atoms with Gasteiger partial charge in [-0.05, 0) is 62.1 Å². The Hall–Kier alpha value is -1.64. The van der Waals surface area contributed by atoms with E-state index >= 15 is 0 Å². The molecule has 4 rings (SSSR count). The molecule has 3 atom stereocenters. The van der Waals surface area contributed by atoms with Gasteiger partial charge < -0.3 is 5.73 Å². The van der Waals surface area contributed by atoms with Crippen LogP contribution in [0.1, 0.15) is 68.4 Å². The number of piperidine rings is 1. The molecule has 144 valence electrons. The summed E-state index contributed by atoms with van der Waals surface area (Å²) in [5.74, 6) is 1.34. The summed E-state index contributed by atoms with van der Waals surface area (Å²) in [6, 6.07) is 22.6. The number of hydrogen-bond acceptors (Lipinski definition) is 2. The van der Waals surface area contributed by atoms with Crippen LogP contribution in [-0.2, 0) is 0 Å². The molecular formula is C25H34N2. The lowest BCUT2D eigenvalue weighted by Gasteiger charge is -2.47. The van der Waals surface area contributed by atoms with Crippen LogP contribution in [0.5, 0.6) is 0 Å². The van der Waals surface area contributed by atoms with Crippen LogP contribution in [0.25, 0.3) is 0 Å². The van der Waals surface area contributed by atoms with Crippen molar-refractivity contribution < 1.29 is 0 Å². The average Bonchev–Trinajstić information content (AvgIpc) is 2.75. The van der Waals surface area contributed by atoms with Crippen LogP contribution < -0.4 is 5.73 Å². The molecule has 1 aliphatic carbocycles. The first kappa shape index (κ1) is 18.7. The molecule has 0 spiro atoms. The van der Waals surface area contributed by atoms with E-state index in [1.165, 1.54) is 56.2 Å².